The lowest BCUT2D eigenvalue weighted by Crippen LogP contribution is -2.67. The summed E-state index contributed by atoms with van der Waals surface area (Å²) in [4.78, 5) is 0. The van der Waals surface area contributed by atoms with Gasteiger partial charge in [0.15, 0.2) is 0 Å². The van der Waals surface area contributed by atoms with Gasteiger partial charge in [0.25, 0.3) is 0 Å². The summed E-state index contributed by atoms with van der Waals surface area (Å²) >= 11 is 0. The molecule has 0 aliphatic heterocycles. The predicted molar refractivity (Wildman–Crippen MR) is 149 cm³/mol. The normalized spacial score (nSPS) is 52.9. The van der Waals surface area contributed by atoms with E-state index < -0.39 is 11.5 Å². The van der Waals surface area contributed by atoms with Crippen molar-refractivity contribution in [3.8, 4) is 0 Å². The number of ether oxygens (including phenoxy) is 1. The highest BCUT2D eigenvalue weighted by Crippen LogP contribution is 2.77. The molecule has 5 fully saturated rings. The van der Waals surface area contributed by atoms with Gasteiger partial charge >= 0.3 is 0 Å². The first-order valence-corrected chi connectivity index (χ1v) is 15.2. The molecule has 11 atom stereocenters. The zero-order valence-electron chi connectivity index (χ0n) is 24.3. The lowest BCUT2D eigenvalue weighted by molar-refractivity contribution is -0.255. The van der Waals surface area contributed by atoms with Crippen molar-refractivity contribution in [2.75, 3.05) is 19.8 Å². The van der Waals surface area contributed by atoms with Crippen LogP contribution in [0.15, 0.2) is 24.5 Å². The summed E-state index contributed by atoms with van der Waals surface area (Å²) in [5, 5.41) is 31.6. The van der Waals surface area contributed by atoms with E-state index in [2.05, 4.69) is 40.9 Å². The van der Waals surface area contributed by atoms with E-state index in [0.717, 1.165) is 50.0 Å². The maximum atomic E-state index is 11.0. The number of hydrogen-bond acceptors (Lipinski definition) is 4. The molecule has 3 unspecified atom stereocenters. The minimum Gasteiger partial charge on any atom is -0.498 e. The molecule has 4 nitrogen and oxygen atoms in total. The van der Waals surface area contributed by atoms with Crippen molar-refractivity contribution in [1.29, 1.82) is 0 Å². The molecule has 37 heavy (non-hydrogen) atoms. The van der Waals surface area contributed by atoms with Crippen molar-refractivity contribution >= 4 is 0 Å². The Morgan fingerprint density at radius 1 is 0.838 bits per heavy atom. The van der Waals surface area contributed by atoms with Crippen LogP contribution in [0.1, 0.15) is 98.8 Å². The molecule has 0 aromatic rings. The molecule has 5 saturated carbocycles. The van der Waals surface area contributed by atoms with Crippen molar-refractivity contribution in [2.24, 2.45) is 56.7 Å². The van der Waals surface area contributed by atoms with E-state index in [0.29, 0.717) is 29.6 Å². The predicted octanol–water partition coefficient (Wildman–Crippen LogP) is 6.50. The van der Waals surface area contributed by atoms with Gasteiger partial charge in [0.05, 0.1) is 31.7 Å². The highest BCUT2D eigenvalue weighted by atomic mass is 16.5. The second-order valence-electron chi connectivity index (χ2n) is 15.2. The SMILES string of the molecule is C=C(C)OC[C@]12CC[C@@H](C(=C)CO)C1C1CCC3[C@@]4(C)CC[C@H](O)[C@@](C)(CO)[C@@H]4CC[C@@]3(C)[C@]1(C)CC2. The summed E-state index contributed by atoms with van der Waals surface area (Å²) in [6.45, 7) is 21.2. The van der Waals surface area contributed by atoms with Gasteiger partial charge in [0.2, 0.25) is 0 Å². The van der Waals surface area contributed by atoms with E-state index in [1.54, 1.807) is 0 Å². The number of fused-ring (bicyclic) bond motifs is 7. The highest BCUT2D eigenvalue weighted by Gasteiger charge is 2.71. The minimum atomic E-state index is -0.404. The van der Waals surface area contributed by atoms with Crippen molar-refractivity contribution < 1.29 is 20.1 Å². The summed E-state index contributed by atoms with van der Waals surface area (Å²) in [6.07, 6.45) is 10.9. The van der Waals surface area contributed by atoms with Gasteiger partial charge in [-0.15, -0.1) is 0 Å². The molecule has 4 heteroatoms. The van der Waals surface area contributed by atoms with E-state index in [4.69, 9.17) is 4.74 Å². The van der Waals surface area contributed by atoms with E-state index in [1.807, 2.05) is 6.92 Å². The van der Waals surface area contributed by atoms with Crippen molar-refractivity contribution in [2.45, 2.75) is 105 Å². The van der Waals surface area contributed by atoms with Gasteiger partial charge in [-0.1, -0.05) is 40.9 Å². The van der Waals surface area contributed by atoms with Gasteiger partial charge < -0.3 is 20.1 Å². The number of aliphatic hydroxyl groups excluding tert-OH is 3. The van der Waals surface area contributed by atoms with Crippen LogP contribution in [0, 0.1) is 56.7 Å². The average Bonchev–Trinajstić information content (AvgIpc) is 3.25. The second-order valence-corrected chi connectivity index (χ2v) is 15.2. The van der Waals surface area contributed by atoms with Crippen LogP contribution >= 0.6 is 0 Å². The monoisotopic (exact) mass is 514 g/mol. The molecule has 0 spiro atoms. The number of hydrogen-bond donors (Lipinski definition) is 3. The first kappa shape index (κ1) is 27.7. The lowest BCUT2D eigenvalue weighted by Gasteiger charge is -2.73. The Morgan fingerprint density at radius 2 is 1.57 bits per heavy atom. The Morgan fingerprint density at radius 3 is 2.22 bits per heavy atom. The fraction of sp³-hybridized carbons (Fsp3) is 0.879. The molecule has 0 radical (unpaired) electrons. The largest absolute Gasteiger partial charge is 0.498 e. The van der Waals surface area contributed by atoms with Crippen LogP contribution in [0.3, 0.4) is 0 Å². The molecule has 0 heterocycles. The second kappa shape index (κ2) is 9.10. The van der Waals surface area contributed by atoms with Gasteiger partial charge in [-0.2, -0.15) is 0 Å². The highest BCUT2D eigenvalue weighted by molar-refractivity contribution is 5.22. The number of rotatable bonds is 6. The van der Waals surface area contributed by atoms with E-state index in [-0.39, 0.29) is 34.9 Å². The van der Waals surface area contributed by atoms with E-state index in [1.165, 1.54) is 32.1 Å². The van der Waals surface area contributed by atoms with Gasteiger partial charge in [-0.25, -0.2) is 0 Å². The van der Waals surface area contributed by atoms with Gasteiger partial charge in [0, 0.05) is 10.8 Å². The fourth-order valence-electron chi connectivity index (χ4n) is 11.8. The molecule has 5 aliphatic carbocycles. The van der Waals surface area contributed by atoms with E-state index in [9.17, 15) is 15.3 Å². The maximum absolute atomic E-state index is 11.0. The Kier molecular flexibility index (Phi) is 6.81. The standard InChI is InChI=1S/C33H54O4/c1-21(2)37-20-33-15-10-23(22(3)18-34)28(33)24-8-9-26-29(4)13-12-27(36)30(5,19-35)25(29)11-14-32(26,7)31(24,6)16-17-33/h23-28,34-36H,1,3,8-20H2,2,4-7H3/t23-,24?,25+,26?,27-,28?,29-,30-,31+,32+,33+/m0/s1. The van der Waals surface area contributed by atoms with Crippen molar-refractivity contribution in [3.63, 3.8) is 0 Å². The summed E-state index contributed by atoms with van der Waals surface area (Å²) in [7, 11) is 0. The van der Waals surface area contributed by atoms with Crippen LogP contribution in [0.5, 0.6) is 0 Å². The van der Waals surface area contributed by atoms with Gasteiger partial charge in [-0.3, -0.25) is 0 Å². The number of allylic oxidation sites excluding steroid dienone is 1. The summed E-state index contributed by atoms with van der Waals surface area (Å²) in [6, 6.07) is 0. The lowest BCUT2D eigenvalue weighted by atomic mass is 9.32. The molecule has 3 N–H and O–H groups in total. The Bertz CT molecular complexity index is 929. The van der Waals surface area contributed by atoms with Crippen LogP contribution in [0.2, 0.25) is 0 Å². The fourth-order valence-corrected chi connectivity index (χ4v) is 11.8. The van der Waals surface area contributed by atoms with Gasteiger partial charge in [0.1, 0.15) is 0 Å². The molecule has 0 aromatic carbocycles. The molecule has 210 valence electrons. The minimum absolute atomic E-state index is 0.0794. The molecular weight excluding hydrogens is 460 g/mol. The summed E-state index contributed by atoms with van der Waals surface area (Å²) in [5.41, 5.74) is 1.39. The zero-order valence-corrected chi connectivity index (χ0v) is 24.3. The molecular formula is C33H54O4. The van der Waals surface area contributed by atoms with E-state index >= 15 is 0 Å². The Balaban J connectivity index is 1.53. The molecule has 5 aliphatic rings. The van der Waals surface area contributed by atoms with Crippen LogP contribution in [-0.4, -0.2) is 41.2 Å². The van der Waals surface area contributed by atoms with Crippen LogP contribution in [0.4, 0.5) is 0 Å². The third-order valence-electron chi connectivity index (χ3n) is 14.1. The molecule has 0 aromatic heterocycles. The summed E-state index contributed by atoms with van der Waals surface area (Å²) in [5.74, 6) is 3.26. The average molecular weight is 515 g/mol. The maximum Gasteiger partial charge on any atom is 0.0936 e. The van der Waals surface area contributed by atoms with Crippen molar-refractivity contribution in [1.82, 2.24) is 0 Å². The Labute approximate surface area is 226 Å². The third-order valence-corrected chi connectivity index (χ3v) is 14.1. The van der Waals surface area contributed by atoms with Gasteiger partial charge in [-0.05, 0) is 123 Å². The Hall–Kier alpha value is -0.840. The van der Waals surface area contributed by atoms with Crippen LogP contribution < -0.4 is 0 Å². The smallest absolute Gasteiger partial charge is 0.0936 e. The third kappa shape index (κ3) is 3.63. The topological polar surface area (TPSA) is 69.9 Å². The zero-order chi connectivity index (χ0) is 27.0. The van der Waals surface area contributed by atoms with Crippen molar-refractivity contribution in [3.05, 3.63) is 24.5 Å². The quantitative estimate of drug-likeness (QED) is 0.279. The summed E-state index contributed by atoms with van der Waals surface area (Å²) < 4.78 is 6.19. The molecule has 0 saturated heterocycles. The first-order chi connectivity index (χ1) is 17.3. The molecule has 5 rings (SSSR count). The first-order valence-electron chi connectivity index (χ1n) is 15.2. The molecule has 0 bridgehead atoms. The number of aliphatic hydroxyl groups is 3. The molecule has 0 amide bonds. The van der Waals surface area contributed by atoms with Crippen LogP contribution in [-0.2, 0) is 4.74 Å². The van der Waals surface area contributed by atoms with Crippen LogP contribution in [0.25, 0.3) is 0 Å².